The Morgan fingerprint density at radius 2 is 2.00 bits per heavy atom. The first-order chi connectivity index (χ1) is 4.49. The molecule has 0 bridgehead atoms. The van der Waals surface area contributed by atoms with Gasteiger partial charge < -0.3 is 4.43 Å². The Morgan fingerprint density at radius 3 is 2.10 bits per heavy atom. The van der Waals surface area contributed by atoms with Crippen LogP contribution in [0.5, 0.6) is 0 Å². The number of rotatable bonds is 2. The summed E-state index contributed by atoms with van der Waals surface area (Å²) in [5.41, 5.74) is 0. The molecule has 0 aromatic rings. The van der Waals surface area contributed by atoms with Crippen molar-refractivity contribution in [1.82, 2.24) is 0 Å². The molecule has 0 amide bonds. The van der Waals surface area contributed by atoms with Crippen LogP contribution in [0.2, 0.25) is 19.6 Å². The average molecular weight is 155 g/mol. The lowest BCUT2D eigenvalue weighted by molar-refractivity contribution is 0.444. The summed E-state index contributed by atoms with van der Waals surface area (Å²) in [6.45, 7) is 7.95. The molecule has 0 spiro atoms. The van der Waals surface area contributed by atoms with Gasteiger partial charge in [0.15, 0.2) is 5.76 Å². The van der Waals surface area contributed by atoms with Gasteiger partial charge in [-0.3, -0.25) is 0 Å². The Kier molecular flexibility index (Phi) is 3.17. The molecule has 0 atom stereocenters. The Balaban J connectivity index is 4.05. The van der Waals surface area contributed by atoms with Crippen LogP contribution in [0.3, 0.4) is 0 Å². The van der Waals surface area contributed by atoms with Crippen LogP contribution in [0.1, 0.15) is 6.92 Å². The van der Waals surface area contributed by atoms with Crippen LogP contribution < -0.4 is 0 Å². The fourth-order valence-corrected chi connectivity index (χ4v) is 1.30. The first kappa shape index (κ1) is 9.25. The highest BCUT2D eigenvalue weighted by atomic mass is 28.4. The molecule has 0 radical (unpaired) electrons. The summed E-state index contributed by atoms with van der Waals surface area (Å²) in [4.78, 5) is 0. The summed E-state index contributed by atoms with van der Waals surface area (Å²) in [5, 5.41) is 8.47. The SMILES string of the molecule is CC=C(C#N)O[Si](C)(C)C. The van der Waals surface area contributed by atoms with E-state index in [0.717, 1.165) is 0 Å². The van der Waals surface area contributed by atoms with Gasteiger partial charge in [-0.05, 0) is 32.6 Å². The van der Waals surface area contributed by atoms with Gasteiger partial charge in [-0.1, -0.05) is 0 Å². The molecule has 0 aliphatic carbocycles. The lowest BCUT2D eigenvalue weighted by atomic mass is 10.5. The van der Waals surface area contributed by atoms with Gasteiger partial charge in [0, 0.05) is 0 Å². The van der Waals surface area contributed by atoms with Crippen molar-refractivity contribution in [2.45, 2.75) is 26.6 Å². The lowest BCUT2D eigenvalue weighted by Gasteiger charge is -2.17. The Morgan fingerprint density at radius 1 is 1.50 bits per heavy atom. The third-order valence-electron chi connectivity index (χ3n) is 0.789. The van der Waals surface area contributed by atoms with E-state index in [1.54, 1.807) is 13.0 Å². The third kappa shape index (κ3) is 4.16. The molecule has 0 saturated heterocycles. The van der Waals surface area contributed by atoms with Crippen molar-refractivity contribution in [2.24, 2.45) is 0 Å². The van der Waals surface area contributed by atoms with Crippen LogP contribution in [0.4, 0.5) is 0 Å². The zero-order chi connectivity index (χ0) is 8.20. The van der Waals surface area contributed by atoms with Crippen LogP contribution in [0, 0.1) is 11.3 Å². The fourth-order valence-electron chi connectivity index (χ4n) is 0.476. The fraction of sp³-hybridized carbons (Fsp3) is 0.571. The molecule has 0 aliphatic heterocycles. The second-order valence-electron chi connectivity index (χ2n) is 2.98. The smallest absolute Gasteiger partial charge is 0.243 e. The molecular weight excluding hydrogens is 142 g/mol. The molecule has 0 aromatic heterocycles. The summed E-state index contributed by atoms with van der Waals surface area (Å²) in [7, 11) is -1.55. The lowest BCUT2D eigenvalue weighted by Crippen LogP contribution is -2.24. The van der Waals surface area contributed by atoms with Gasteiger partial charge in [-0.2, -0.15) is 5.26 Å². The standard InChI is InChI=1S/C7H13NOSi/c1-5-7(6-8)9-10(2,3)4/h5H,1-4H3. The van der Waals surface area contributed by atoms with E-state index in [1.165, 1.54) is 0 Å². The van der Waals surface area contributed by atoms with Crippen LogP contribution >= 0.6 is 0 Å². The number of nitrogens with zero attached hydrogens (tertiary/aromatic N) is 1. The van der Waals surface area contributed by atoms with Crippen molar-refractivity contribution < 1.29 is 4.43 Å². The van der Waals surface area contributed by atoms with Gasteiger partial charge in [0.25, 0.3) is 0 Å². The number of hydrogen-bond acceptors (Lipinski definition) is 2. The van der Waals surface area contributed by atoms with E-state index in [2.05, 4.69) is 0 Å². The van der Waals surface area contributed by atoms with Gasteiger partial charge in [-0.15, -0.1) is 0 Å². The molecule has 0 heterocycles. The van der Waals surface area contributed by atoms with Gasteiger partial charge in [0.2, 0.25) is 8.32 Å². The molecule has 2 nitrogen and oxygen atoms in total. The summed E-state index contributed by atoms with van der Waals surface area (Å²) in [6, 6.07) is 1.98. The first-order valence-corrected chi connectivity index (χ1v) is 6.66. The maximum atomic E-state index is 8.47. The first-order valence-electron chi connectivity index (χ1n) is 3.25. The minimum atomic E-state index is -1.55. The van der Waals surface area contributed by atoms with Crippen LogP contribution in [-0.4, -0.2) is 8.32 Å². The summed E-state index contributed by atoms with van der Waals surface area (Å²) < 4.78 is 5.38. The maximum absolute atomic E-state index is 8.47. The predicted molar refractivity (Wildman–Crippen MR) is 43.8 cm³/mol. The van der Waals surface area contributed by atoms with E-state index >= 15 is 0 Å². The van der Waals surface area contributed by atoms with Crippen molar-refractivity contribution in [3.63, 3.8) is 0 Å². The van der Waals surface area contributed by atoms with Crippen molar-refractivity contribution in [1.29, 1.82) is 5.26 Å². The van der Waals surface area contributed by atoms with E-state index in [-0.39, 0.29) is 0 Å². The Bertz CT molecular complexity index is 173. The van der Waals surface area contributed by atoms with Crippen molar-refractivity contribution >= 4 is 8.32 Å². The largest absolute Gasteiger partial charge is 0.537 e. The summed E-state index contributed by atoms with van der Waals surface area (Å²) in [5.74, 6) is 0.444. The second kappa shape index (κ2) is 3.42. The molecule has 0 saturated carbocycles. The molecule has 0 rings (SSSR count). The molecule has 0 aromatic carbocycles. The van der Waals surface area contributed by atoms with E-state index in [9.17, 15) is 0 Å². The monoisotopic (exact) mass is 155 g/mol. The van der Waals surface area contributed by atoms with Crippen LogP contribution in [0.15, 0.2) is 11.8 Å². The van der Waals surface area contributed by atoms with E-state index in [1.807, 2.05) is 25.7 Å². The number of hydrogen-bond donors (Lipinski definition) is 0. The Labute approximate surface area is 63.2 Å². The zero-order valence-corrected chi connectivity index (χ0v) is 7.93. The minimum Gasteiger partial charge on any atom is -0.537 e. The second-order valence-corrected chi connectivity index (χ2v) is 7.41. The quantitative estimate of drug-likeness (QED) is 0.348. The molecule has 0 fully saturated rings. The third-order valence-corrected chi connectivity index (χ3v) is 1.62. The molecule has 0 N–H and O–H groups in total. The number of nitriles is 1. The van der Waals surface area contributed by atoms with E-state index in [4.69, 9.17) is 9.69 Å². The van der Waals surface area contributed by atoms with Crippen molar-refractivity contribution in [3.8, 4) is 6.07 Å². The molecule has 10 heavy (non-hydrogen) atoms. The number of allylic oxidation sites excluding steroid dienone is 2. The summed E-state index contributed by atoms with van der Waals surface area (Å²) in [6.07, 6.45) is 1.69. The van der Waals surface area contributed by atoms with Crippen LogP contribution in [0.25, 0.3) is 0 Å². The minimum absolute atomic E-state index is 0.444. The van der Waals surface area contributed by atoms with Crippen molar-refractivity contribution in [2.75, 3.05) is 0 Å². The van der Waals surface area contributed by atoms with Crippen LogP contribution in [-0.2, 0) is 4.43 Å². The van der Waals surface area contributed by atoms with Gasteiger partial charge >= 0.3 is 0 Å². The average Bonchev–Trinajstić information content (AvgIpc) is 1.81. The predicted octanol–water partition coefficient (Wildman–Crippen LogP) is 2.27. The van der Waals surface area contributed by atoms with Gasteiger partial charge in [0.1, 0.15) is 6.07 Å². The molecular formula is C7H13NOSi. The highest BCUT2D eigenvalue weighted by Gasteiger charge is 2.16. The topological polar surface area (TPSA) is 33.0 Å². The molecule has 0 aliphatic rings. The zero-order valence-electron chi connectivity index (χ0n) is 6.93. The van der Waals surface area contributed by atoms with E-state index in [0.29, 0.717) is 5.76 Å². The molecule has 56 valence electrons. The van der Waals surface area contributed by atoms with Gasteiger partial charge in [-0.25, -0.2) is 0 Å². The Hall–Kier alpha value is -0.753. The maximum Gasteiger partial charge on any atom is 0.243 e. The highest BCUT2D eigenvalue weighted by Crippen LogP contribution is 2.08. The summed E-state index contributed by atoms with van der Waals surface area (Å²) >= 11 is 0. The highest BCUT2D eigenvalue weighted by molar-refractivity contribution is 6.70. The van der Waals surface area contributed by atoms with E-state index < -0.39 is 8.32 Å². The molecule has 3 heteroatoms. The van der Waals surface area contributed by atoms with Crippen molar-refractivity contribution in [3.05, 3.63) is 11.8 Å². The molecule has 0 unspecified atom stereocenters. The van der Waals surface area contributed by atoms with Gasteiger partial charge in [0.05, 0.1) is 0 Å². The normalized spacial score (nSPS) is 12.5.